The van der Waals surface area contributed by atoms with Gasteiger partial charge in [-0.3, -0.25) is 9.36 Å². The maximum absolute atomic E-state index is 13.1. The van der Waals surface area contributed by atoms with Gasteiger partial charge in [0.1, 0.15) is 5.82 Å². The predicted molar refractivity (Wildman–Crippen MR) is 124 cm³/mol. The molecule has 30 heavy (non-hydrogen) atoms. The highest BCUT2D eigenvalue weighted by Crippen LogP contribution is 2.52. The minimum absolute atomic E-state index is 0.111. The lowest BCUT2D eigenvalue weighted by molar-refractivity contribution is 0.338. The number of halogens is 1. The first-order valence-electron chi connectivity index (χ1n) is 11.3. The Bertz CT molecular complexity index is 1200. The lowest BCUT2D eigenvalue weighted by atomic mass is 9.69. The van der Waals surface area contributed by atoms with E-state index in [1.54, 1.807) is 0 Å². The van der Waals surface area contributed by atoms with Crippen molar-refractivity contribution in [2.45, 2.75) is 56.3 Å². The van der Waals surface area contributed by atoms with E-state index in [1.165, 1.54) is 48.9 Å². The molecule has 3 aliphatic rings. The van der Waals surface area contributed by atoms with Crippen LogP contribution in [0.25, 0.3) is 16.6 Å². The Morgan fingerprint density at radius 1 is 1.07 bits per heavy atom. The lowest BCUT2D eigenvalue weighted by Crippen LogP contribution is -2.32. The van der Waals surface area contributed by atoms with E-state index in [9.17, 15) is 4.79 Å². The predicted octanol–water partition coefficient (Wildman–Crippen LogP) is 5.18. The van der Waals surface area contributed by atoms with E-state index in [4.69, 9.17) is 4.98 Å². The Balaban J connectivity index is 1.65. The van der Waals surface area contributed by atoms with Gasteiger partial charge >= 0.3 is 0 Å². The van der Waals surface area contributed by atoms with Gasteiger partial charge in [0.15, 0.2) is 0 Å². The fraction of sp³-hybridized carbons (Fsp3) is 0.440. The standard InChI is InChI=1S/C25H26BrN3O/c26-19-5-4-6-20-22(19)23(30)28-24-25(11-2-1-3-12-25)18-8-7-17(15-21(18)29(20)24)16-9-13-27-14-10-16/h4-8,15-16,27H,1-3,9-14H2. The van der Waals surface area contributed by atoms with Crippen LogP contribution in [0.2, 0.25) is 0 Å². The van der Waals surface area contributed by atoms with Gasteiger partial charge in [-0.25, -0.2) is 0 Å². The third-order valence-electron chi connectivity index (χ3n) is 7.59. The molecular weight excluding hydrogens is 438 g/mol. The molecule has 0 radical (unpaired) electrons. The van der Waals surface area contributed by atoms with Crippen LogP contribution < -0.4 is 10.9 Å². The van der Waals surface area contributed by atoms with Crippen LogP contribution in [0.1, 0.15) is 67.8 Å². The van der Waals surface area contributed by atoms with Crippen molar-refractivity contribution in [1.82, 2.24) is 14.9 Å². The van der Waals surface area contributed by atoms with Gasteiger partial charge in [0.05, 0.1) is 22.0 Å². The van der Waals surface area contributed by atoms with Crippen LogP contribution in [0.3, 0.4) is 0 Å². The van der Waals surface area contributed by atoms with Gasteiger partial charge in [-0.05, 0) is 89.9 Å². The summed E-state index contributed by atoms with van der Waals surface area (Å²) in [5, 5.41) is 4.17. The number of rotatable bonds is 1. The largest absolute Gasteiger partial charge is 0.317 e. The van der Waals surface area contributed by atoms with E-state index < -0.39 is 0 Å². The second-order valence-corrected chi connectivity index (χ2v) is 10.0. The Kier molecular flexibility index (Phi) is 4.40. The summed E-state index contributed by atoms with van der Waals surface area (Å²) in [6.07, 6.45) is 8.20. The van der Waals surface area contributed by atoms with Crippen LogP contribution in [0.5, 0.6) is 0 Å². The zero-order valence-corrected chi connectivity index (χ0v) is 18.7. The third kappa shape index (κ3) is 2.61. The smallest absolute Gasteiger partial charge is 0.281 e. The Morgan fingerprint density at radius 2 is 1.87 bits per heavy atom. The molecule has 6 rings (SSSR count). The number of hydrogen-bond acceptors (Lipinski definition) is 3. The zero-order chi connectivity index (χ0) is 20.3. The normalized spacial score (nSPS) is 20.4. The van der Waals surface area contributed by atoms with Crippen molar-refractivity contribution in [2.75, 3.05) is 13.1 Å². The van der Waals surface area contributed by atoms with Crippen molar-refractivity contribution < 1.29 is 0 Å². The van der Waals surface area contributed by atoms with Gasteiger partial charge in [0, 0.05) is 4.47 Å². The van der Waals surface area contributed by atoms with Crippen LogP contribution >= 0.6 is 15.9 Å². The monoisotopic (exact) mass is 463 g/mol. The van der Waals surface area contributed by atoms with Crippen LogP contribution in [0.4, 0.5) is 0 Å². The topological polar surface area (TPSA) is 46.9 Å². The molecule has 1 aromatic heterocycles. The number of fused-ring (bicyclic) bond motifs is 7. The molecule has 1 saturated heterocycles. The molecule has 4 nitrogen and oxygen atoms in total. The average molecular weight is 464 g/mol. The van der Waals surface area contributed by atoms with Crippen molar-refractivity contribution in [3.05, 3.63) is 68.2 Å². The van der Waals surface area contributed by atoms with E-state index in [2.05, 4.69) is 50.1 Å². The van der Waals surface area contributed by atoms with Gasteiger partial charge in [0.25, 0.3) is 5.56 Å². The minimum atomic E-state index is -0.115. The van der Waals surface area contributed by atoms with Crippen molar-refractivity contribution in [1.29, 1.82) is 0 Å². The second kappa shape index (κ2) is 7.03. The molecule has 3 heterocycles. The van der Waals surface area contributed by atoms with Crippen molar-refractivity contribution in [3.8, 4) is 5.69 Å². The van der Waals surface area contributed by atoms with Crippen molar-refractivity contribution in [3.63, 3.8) is 0 Å². The molecule has 0 atom stereocenters. The molecule has 1 spiro atoms. The number of piperidine rings is 1. The SMILES string of the molecule is O=c1nc2n(c3cccc(Br)c13)-c1cc(C3CCNCC3)ccc1C21CCCCC1. The Labute approximate surface area is 184 Å². The van der Waals surface area contributed by atoms with E-state index in [1.807, 2.05) is 12.1 Å². The molecular formula is C25H26BrN3O. The maximum atomic E-state index is 13.1. The quantitative estimate of drug-likeness (QED) is 0.540. The molecule has 1 saturated carbocycles. The van der Waals surface area contributed by atoms with Gasteiger partial charge in [-0.2, -0.15) is 4.98 Å². The highest BCUT2D eigenvalue weighted by molar-refractivity contribution is 9.10. The van der Waals surface area contributed by atoms with Gasteiger partial charge in [0.2, 0.25) is 0 Å². The van der Waals surface area contributed by atoms with E-state index in [-0.39, 0.29) is 11.0 Å². The second-order valence-electron chi connectivity index (χ2n) is 9.15. The summed E-state index contributed by atoms with van der Waals surface area (Å²) in [5.74, 6) is 1.57. The molecule has 2 aliphatic heterocycles. The number of aromatic nitrogens is 2. The first-order valence-corrected chi connectivity index (χ1v) is 12.1. The van der Waals surface area contributed by atoms with Gasteiger partial charge in [-0.1, -0.05) is 37.5 Å². The van der Waals surface area contributed by atoms with Gasteiger partial charge < -0.3 is 5.32 Å². The van der Waals surface area contributed by atoms with Crippen molar-refractivity contribution in [2.24, 2.45) is 0 Å². The summed E-state index contributed by atoms with van der Waals surface area (Å²) in [7, 11) is 0. The Hall–Kier alpha value is -1.98. The maximum Gasteiger partial charge on any atom is 0.281 e. The van der Waals surface area contributed by atoms with Gasteiger partial charge in [-0.15, -0.1) is 0 Å². The van der Waals surface area contributed by atoms with Crippen LogP contribution in [0.15, 0.2) is 45.7 Å². The fourth-order valence-corrected chi connectivity index (χ4v) is 6.63. The summed E-state index contributed by atoms with van der Waals surface area (Å²) < 4.78 is 3.14. The first-order chi connectivity index (χ1) is 14.7. The minimum Gasteiger partial charge on any atom is -0.317 e. The number of benzene rings is 2. The summed E-state index contributed by atoms with van der Waals surface area (Å²) in [4.78, 5) is 17.8. The van der Waals surface area contributed by atoms with E-state index in [0.717, 1.165) is 41.7 Å². The number of nitrogens with zero attached hydrogens (tertiary/aromatic N) is 2. The van der Waals surface area contributed by atoms with E-state index in [0.29, 0.717) is 11.3 Å². The molecule has 1 aliphatic carbocycles. The number of hydrogen-bond donors (Lipinski definition) is 1. The fourth-order valence-electron chi connectivity index (χ4n) is 6.11. The van der Waals surface area contributed by atoms with Crippen LogP contribution in [-0.2, 0) is 5.41 Å². The van der Waals surface area contributed by atoms with E-state index >= 15 is 0 Å². The van der Waals surface area contributed by atoms with Crippen LogP contribution in [0, 0.1) is 0 Å². The summed E-state index contributed by atoms with van der Waals surface area (Å²) >= 11 is 3.60. The average Bonchev–Trinajstić information content (AvgIpc) is 3.04. The Morgan fingerprint density at radius 3 is 2.67 bits per heavy atom. The zero-order valence-electron chi connectivity index (χ0n) is 17.1. The highest BCUT2D eigenvalue weighted by Gasteiger charge is 2.46. The summed E-state index contributed by atoms with van der Waals surface area (Å²) in [5.41, 5.74) is 4.80. The molecule has 1 N–H and O–H groups in total. The highest BCUT2D eigenvalue weighted by atomic mass is 79.9. The molecule has 2 aromatic carbocycles. The van der Waals surface area contributed by atoms with Crippen LogP contribution in [-0.4, -0.2) is 22.6 Å². The molecule has 0 amide bonds. The molecule has 3 aromatic rings. The molecule has 2 fully saturated rings. The molecule has 154 valence electrons. The molecule has 0 bridgehead atoms. The molecule has 0 unspecified atom stereocenters. The molecule has 5 heteroatoms. The van der Waals surface area contributed by atoms with Crippen molar-refractivity contribution >= 4 is 26.8 Å². The third-order valence-corrected chi connectivity index (χ3v) is 8.25. The first kappa shape index (κ1) is 18.8. The lowest BCUT2D eigenvalue weighted by Gasteiger charge is -2.33. The number of nitrogens with one attached hydrogen (secondary N) is 1. The summed E-state index contributed by atoms with van der Waals surface area (Å²) in [6.45, 7) is 2.18. The summed E-state index contributed by atoms with van der Waals surface area (Å²) in [6, 6.07) is 13.2.